The third kappa shape index (κ3) is 3.14. The molecule has 4 rings (SSSR count). The van der Waals surface area contributed by atoms with Gasteiger partial charge in [0.25, 0.3) is 5.91 Å². The van der Waals surface area contributed by atoms with Crippen LogP contribution in [0.2, 0.25) is 0 Å². The third-order valence-electron chi connectivity index (χ3n) is 4.04. The van der Waals surface area contributed by atoms with Crippen LogP contribution in [0.4, 0.5) is 0 Å². The first-order chi connectivity index (χ1) is 12.3. The maximum absolute atomic E-state index is 12.3. The Morgan fingerprint density at radius 1 is 1.08 bits per heavy atom. The van der Waals surface area contributed by atoms with Crippen molar-refractivity contribution in [1.29, 1.82) is 0 Å². The highest BCUT2D eigenvalue weighted by Crippen LogP contribution is 2.14. The molecule has 0 saturated heterocycles. The van der Waals surface area contributed by atoms with Gasteiger partial charge in [0.15, 0.2) is 5.69 Å². The smallest absolute Gasteiger partial charge is 0.272 e. The lowest BCUT2D eigenvalue weighted by molar-refractivity contribution is 0.0950. The van der Waals surface area contributed by atoms with E-state index < -0.39 is 0 Å². The number of nitrogens with one attached hydrogen (secondary N) is 2. The van der Waals surface area contributed by atoms with Crippen molar-refractivity contribution in [3.8, 4) is 5.69 Å². The van der Waals surface area contributed by atoms with Gasteiger partial charge in [0.2, 0.25) is 0 Å². The van der Waals surface area contributed by atoms with Crippen molar-refractivity contribution in [3.63, 3.8) is 0 Å². The molecule has 0 saturated carbocycles. The van der Waals surface area contributed by atoms with Gasteiger partial charge >= 0.3 is 0 Å². The van der Waals surface area contributed by atoms with Crippen molar-refractivity contribution >= 4 is 16.8 Å². The Morgan fingerprint density at radius 3 is 2.76 bits per heavy atom. The molecule has 4 aromatic rings. The zero-order chi connectivity index (χ0) is 17.1. The Kier molecular flexibility index (Phi) is 4.00. The second kappa shape index (κ2) is 6.60. The lowest BCUT2D eigenvalue weighted by Gasteiger charge is -2.02. The molecular weight excluding hydrogens is 314 g/mol. The molecule has 0 aliphatic rings. The van der Waals surface area contributed by atoms with Crippen LogP contribution in [0.5, 0.6) is 0 Å². The van der Waals surface area contributed by atoms with Crippen molar-refractivity contribution in [3.05, 3.63) is 78.2 Å². The maximum atomic E-state index is 12.3. The van der Waals surface area contributed by atoms with Gasteiger partial charge in [-0.1, -0.05) is 36.4 Å². The third-order valence-corrected chi connectivity index (χ3v) is 4.04. The number of hydrogen-bond acceptors (Lipinski definition) is 3. The summed E-state index contributed by atoms with van der Waals surface area (Å²) in [7, 11) is 0. The second-order valence-electron chi connectivity index (χ2n) is 5.75. The number of aromatic amines is 1. The van der Waals surface area contributed by atoms with Gasteiger partial charge in [0.1, 0.15) is 0 Å². The van der Waals surface area contributed by atoms with Gasteiger partial charge in [0.05, 0.1) is 17.4 Å². The molecule has 6 nitrogen and oxygen atoms in total. The van der Waals surface area contributed by atoms with Gasteiger partial charge in [-0.15, -0.1) is 0 Å². The molecule has 0 aliphatic carbocycles. The van der Waals surface area contributed by atoms with Crippen molar-refractivity contribution in [2.24, 2.45) is 0 Å². The maximum Gasteiger partial charge on any atom is 0.272 e. The monoisotopic (exact) mass is 331 g/mol. The average molecular weight is 331 g/mol. The first-order valence-corrected chi connectivity index (χ1v) is 8.11. The standard InChI is InChI=1S/C19H17N5O/c25-19(18-16-8-4-5-9-17(16)22-23-18)20-11-10-14-12-21-24(13-14)15-6-2-1-3-7-15/h1-9,12-13H,10-11H2,(H,20,25)(H,22,23). The number of H-pyrrole nitrogens is 1. The van der Waals surface area contributed by atoms with Crippen LogP contribution in [-0.4, -0.2) is 32.4 Å². The molecule has 0 radical (unpaired) electrons. The van der Waals surface area contributed by atoms with E-state index in [0.717, 1.165) is 22.2 Å². The van der Waals surface area contributed by atoms with E-state index in [1.165, 1.54) is 0 Å². The van der Waals surface area contributed by atoms with Gasteiger partial charge in [-0.3, -0.25) is 9.89 Å². The minimum Gasteiger partial charge on any atom is -0.350 e. The van der Waals surface area contributed by atoms with Crippen LogP contribution >= 0.6 is 0 Å². The number of aromatic nitrogens is 4. The number of benzene rings is 2. The lowest BCUT2D eigenvalue weighted by Crippen LogP contribution is -2.26. The number of para-hydroxylation sites is 2. The highest BCUT2D eigenvalue weighted by atomic mass is 16.1. The molecule has 2 N–H and O–H groups in total. The molecular formula is C19H17N5O. The van der Waals surface area contributed by atoms with E-state index in [-0.39, 0.29) is 5.91 Å². The van der Waals surface area contributed by atoms with Crippen LogP contribution in [0, 0.1) is 0 Å². The SMILES string of the molecule is O=C(NCCc1cnn(-c2ccccc2)c1)c1n[nH]c2ccccc12. The Hall–Kier alpha value is -3.41. The molecule has 0 atom stereocenters. The summed E-state index contributed by atoms with van der Waals surface area (Å²) in [5, 5.41) is 15.1. The summed E-state index contributed by atoms with van der Waals surface area (Å²) in [4.78, 5) is 12.3. The number of nitrogens with zero attached hydrogens (tertiary/aromatic N) is 3. The molecule has 25 heavy (non-hydrogen) atoms. The van der Waals surface area contributed by atoms with E-state index in [2.05, 4.69) is 20.6 Å². The number of fused-ring (bicyclic) bond motifs is 1. The van der Waals surface area contributed by atoms with E-state index in [0.29, 0.717) is 18.7 Å². The minimum atomic E-state index is -0.173. The summed E-state index contributed by atoms with van der Waals surface area (Å²) in [6.45, 7) is 0.528. The molecule has 1 amide bonds. The van der Waals surface area contributed by atoms with Crippen LogP contribution in [0.3, 0.4) is 0 Å². The van der Waals surface area contributed by atoms with Gasteiger partial charge in [-0.05, 0) is 30.2 Å². The summed E-state index contributed by atoms with van der Waals surface area (Å²) in [5.74, 6) is -0.173. The predicted octanol–water partition coefficient (Wildman–Crippen LogP) is 2.72. The molecule has 2 aromatic carbocycles. The number of carbonyl (C=O) groups is 1. The second-order valence-corrected chi connectivity index (χ2v) is 5.75. The topological polar surface area (TPSA) is 75.6 Å². The number of rotatable bonds is 5. The summed E-state index contributed by atoms with van der Waals surface area (Å²) in [6.07, 6.45) is 4.51. The molecule has 6 heteroatoms. The Morgan fingerprint density at radius 2 is 1.88 bits per heavy atom. The molecule has 2 aromatic heterocycles. The van der Waals surface area contributed by atoms with Crippen LogP contribution in [0.1, 0.15) is 16.1 Å². The molecule has 0 spiro atoms. The van der Waals surface area contributed by atoms with Crippen LogP contribution in [0.25, 0.3) is 16.6 Å². The van der Waals surface area contributed by atoms with Crippen LogP contribution in [0.15, 0.2) is 67.0 Å². The summed E-state index contributed by atoms with van der Waals surface area (Å²) in [5.41, 5.74) is 3.36. The van der Waals surface area contributed by atoms with E-state index in [1.54, 1.807) is 0 Å². The van der Waals surface area contributed by atoms with Gasteiger partial charge < -0.3 is 5.32 Å². The summed E-state index contributed by atoms with van der Waals surface area (Å²) >= 11 is 0. The van der Waals surface area contributed by atoms with Crippen molar-refractivity contribution in [2.75, 3.05) is 6.54 Å². The average Bonchev–Trinajstić information content (AvgIpc) is 3.29. The van der Waals surface area contributed by atoms with Crippen LogP contribution in [-0.2, 0) is 6.42 Å². The molecule has 0 aliphatic heterocycles. The normalized spacial score (nSPS) is 10.9. The minimum absolute atomic E-state index is 0.173. The lowest BCUT2D eigenvalue weighted by atomic mass is 10.2. The zero-order valence-corrected chi connectivity index (χ0v) is 13.5. The largest absolute Gasteiger partial charge is 0.350 e. The summed E-state index contributed by atoms with van der Waals surface area (Å²) in [6, 6.07) is 17.5. The van der Waals surface area contributed by atoms with Crippen molar-refractivity contribution in [1.82, 2.24) is 25.3 Å². The predicted molar refractivity (Wildman–Crippen MR) is 95.7 cm³/mol. The van der Waals surface area contributed by atoms with E-state index in [9.17, 15) is 4.79 Å². The first-order valence-electron chi connectivity index (χ1n) is 8.11. The highest BCUT2D eigenvalue weighted by molar-refractivity contribution is 6.04. The highest BCUT2D eigenvalue weighted by Gasteiger charge is 2.13. The fourth-order valence-corrected chi connectivity index (χ4v) is 2.75. The zero-order valence-electron chi connectivity index (χ0n) is 13.5. The van der Waals surface area contributed by atoms with E-state index in [1.807, 2.05) is 71.7 Å². The first kappa shape index (κ1) is 15.1. The number of hydrogen-bond donors (Lipinski definition) is 2. The van der Waals surface area contributed by atoms with Gasteiger partial charge in [-0.25, -0.2) is 4.68 Å². The van der Waals surface area contributed by atoms with Gasteiger partial charge in [-0.2, -0.15) is 10.2 Å². The fraction of sp³-hybridized carbons (Fsp3) is 0.105. The van der Waals surface area contributed by atoms with Crippen molar-refractivity contribution < 1.29 is 4.79 Å². The van der Waals surface area contributed by atoms with Crippen molar-refractivity contribution in [2.45, 2.75) is 6.42 Å². The van der Waals surface area contributed by atoms with E-state index >= 15 is 0 Å². The molecule has 0 fully saturated rings. The quantitative estimate of drug-likeness (QED) is 0.590. The molecule has 2 heterocycles. The number of carbonyl (C=O) groups excluding carboxylic acids is 1. The summed E-state index contributed by atoms with van der Waals surface area (Å²) < 4.78 is 1.83. The Labute approximate surface area is 144 Å². The molecule has 124 valence electrons. The van der Waals surface area contributed by atoms with Gasteiger partial charge in [0, 0.05) is 18.1 Å². The molecule has 0 bridgehead atoms. The molecule has 0 unspecified atom stereocenters. The Balaban J connectivity index is 1.38. The fourth-order valence-electron chi connectivity index (χ4n) is 2.75. The number of amides is 1. The van der Waals surface area contributed by atoms with E-state index in [4.69, 9.17) is 0 Å². The Bertz CT molecular complexity index is 1000. The van der Waals surface area contributed by atoms with Crippen LogP contribution < -0.4 is 5.32 Å².